The fraction of sp³-hybridized carbons (Fsp3) is 0.444. The predicted molar refractivity (Wildman–Crippen MR) is 69.2 cm³/mol. The number of nitrogens with one attached hydrogen (secondary N) is 1. The van der Waals surface area contributed by atoms with Crippen LogP contribution in [0.4, 0.5) is 5.69 Å². The van der Waals surface area contributed by atoms with E-state index < -0.39 is 10.0 Å². The zero-order chi connectivity index (χ0) is 12.2. The first-order valence-electron chi connectivity index (χ1n) is 4.60. The first kappa shape index (κ1) is 13.7. The molecule has 0 aliphatic carbocycles. The van der Waals surface area contributed by atoms with Gasteiger partial charge in [0.1, 0.15) is 0 Å². The van der Waals surface area contributed by atoms with Gasteiger partial charge in [-0.2, -0.15) is 0 Å². The maximum atomic E-state index is 11.7. The second-order valence-corrected chi connectivity index (χ2v) is 6.43. The van der Waals surface area contributed by atoms with Crippen LogP contribution < -0.4 is 4.72 Å². The number of rotatable bonds is 5. The zero-order valence-corrected chi connectivity index (χ0v) is 11.8. The second kappa shape index (κ2) is 5.84. The minimum absolute atomic E-state index is 0.00522. The molecule has 16 heavy (non-hydrogen) atoms. The molecule has 1 aromatic rings. The molecule has 4 nitrogen and oxygen atoms in total. The summed E-state index contributed by atoms with van der Waals surface area (Å²) in [6.07, 6.45) is 3.05. The first-order chi connectivity index (χ1) is 7.44. The topological polar surface area (TPSA) is 59.1 Å². The molecule has 0 bridgehead atoms. The molecule has 1 heterocycles. The standard InChI is InChI=1S/C9H12BrClN2O2S/c1-7(4-11)6-16(14,15)13-9-2-3-12-5-8(9)10/h2-3,5,7H,4,6H2,1H3,(H,12,13). The van der Waals surface area contributed by atoms with Gasteiger partial charge in [-0.3, -0.25) is 9.71 Å². The van der Waals surface area contributed by atoms with E-state index in [0.717, 1.165) is 0 Å². The van der Waals surface area contributed by atoms with E-state index in [2.05, 4.69) is 25.6 Å². The van der Waals surface area contributed by atoms with Crippen molar-refractivity contribution in [1.82, 2.24) is 4.98 Å². The summed E-state index contributed by atoms with van der Waals surface area (Å²) in [5.74, 6) is 0.240. The van der Waals surface area contributed by atoms with Crippen LogP contribution in [0.2, 0.25) is 0 Å². The molecule has 0 fully saturated rings. The van der Waals surface area contributed by atoms with Crippen molar-refractivity contribution in [2.45, 2.75) is 6.92 Å². The molecule has 0 amide bonds. The highest BCUT2D eigenvalue weighted by atomic mass is 79.9. The third-order valence-corrected chi connectivity index (χ3v) is 4.50. The van der Waals surface area contributed by atoms with Gasteiger partial charge in [-0.05, 0) is 27.9 Å². The van der Waals surface area contributed by atoms with Gasteiger partial charge in [0.15, 0.2) is 0 Å². The molecule has 0 saturated heterocycles. The predicted octanol–water partition coefficient (Wildman–Crippen LogP) is 2.46. The number of hydrogen-bond acceptors (Lipinski definition) is 3. The Morgan fingerprint density at radius 1 is 1.62 bits per heavy atom. The fourth-order valence-corrected chi connectivity index (χ4v) is 3.27. The summed E-state index contributed by atoms with van der Waals surface area (Å²) < 4.78 is 26.5. The van der Waals surface area contributed by atoms with Crippen molar-refractivity contribution in [3.8, 4) is 0 Å². The van der Waals surface area contributed by atoms with Crippen LogP contribution in [0.25, 0.3) is 0 Å². The van der Waals surface area contributed by atoms with Gasteiger partial charge in [0.25, 0.3) is 0 Å². The highest BCUT2D eigenvalue weighted by Crippen LogP contribution is 2.21. The highest BCUT2D eigenvalue weighted by Gasteiger charge is 2.16. The molecule has 90 valence electrons. The fourth-order valence-electron chi connectivity index (χ4n) is 1.09. The summed E-state index contributed by atoms with van der Waals surface area (Å²) >= 11 is 8.80. The third kappa shape index (κ3) is 4.27. The Hall–Kier alpha value is -0.330. The maximum absolute atomic E-state index is 11.7. The number of pyridine rings is 1. The Morgan fingerprint density at radius 3 is 2.88 bits per heavy atom. The molecular weight excluding hydrogens is 316 g/mol. The molecule has 0 saturated carbocycles. The number of alkyl halides is 1. The van der Waals surface area contributed by atoms with Gasteiger partial charge in [0.2, 0.25) is 10.0 Å². The number of hydrogen-bond donors (Lipinski definition) is 1. The summed E-state index contributed by atoms with van der Waals surface area (Å²) in [6, 6.07) is 1.59. The SMILES string of the molecule is CC(CCl)CS(=O)(=O)Nc1ccncc1Br. The van der Waals surface area contributed by atoms with E-state index in [0.29, 0.717) is 16.0 Å². The molecule has 1 atom stereocenters. The first-order valence-corrected chi connectivity index (χ1v) is 7.58. The third-order valence-electron chi connectivity index (χ3n) is 1.81. The monoisotopic (exact) mass is 326 g/mol. The Balaban J connectivity index is 2.77. The van der Waals surface area contributed by atoms with Crippen molar-refractivity contribution in [1.29, 1.82) is 0 Å². The molecule has 1 unspecified atom stereocenters. The van der Waals surface area contributed by atoms with Crippen LogP contribution in [0.3, 0.4) is 0 Å². The lowest BCUT2D eigenvalue weighted by molar-refractivity contribution is 0.588. The van der Waals surface area contributed by atoms with Crippen molar-refractivity contribution >= 4 is 43.2 Å². The largest absolute Gasteiger partial charge is 0.282 e. The van der Waals surface area contributed by atoms with Crippen LogP contribution >= 0.6 is 27.5 Å². The zero-order valence-electron chi connectivity index (χ0n) is 8.65. The Labute approximate surface area is 109 Å². The summed E-state index contributed by atoms with van der Waals surface area (Å²) in [7, 11) is -3.36. The van der Waals surface area contributed by atoms with Crippen LogP contribution in [0.5, 0.6) is 0 Å². The van der Waals surface area contributed by atoms with Crippen LogP contribution in [-0.4, -0.2) is 25.0 Å². The minimum Gasteiger partial charge on any atom is -0.282 e. The lowest BCUT2D eigenvalue weighted by Gasteiger charge is -2.11. The normalized spacial score (nSPS) is 13.4. The van der Waals surface area contributed by atoms with Crippen LogP contribution in [0, 0.1) is 5.92 Å². The van der Waals surface area contributed by atoms with E-state index in [-0.39, 0.29) is 11.7 Å². The van der Waals surface area contributed by atoms with E-state index in [1.807, 2.05) is 0 Å². The van der Waals surface area contributed by atoms with E-state index >= 15 is 0 Å². The average molecular weight is 328 g/mol. The van der Waals surface area contributed by atoms with Gasteiger partial charge < -0.3 is 0 Å². The van der Waals surface area contributed by atoms with Crippen LogP contribution in [-0.2, 0) is 10.0 Å². The molecule has 1 aromatic heterocycles. The summed E-state index contributed by atoms with van der Waals surface area (Å²) in [5.41, 5.74) is 0.483. The lowest BCUT2D eigenvalue weighted by atomic mass is 10.3. The highest BCUT2D eigenvalue weighted by molar-refractivity contribution is 9.10. The Bertz CT molecular complexity index is 453. The van der Waals surface area contributed by atoms with Crippen molar-refractivity contribution in [2.75, 3.05) is 16.4 Å². The Kier molecular flexibility index (Phi) is 5.01. The summed E-state index contributed by atoms with van der Waals surface area (Å²) in [4.78, 5) is 3.85. The molecule has 0 spiro atoms. The van der Waals surface area contributed by atoms with Gasteiger partial charge >= 0.3 is 0 Å². The molecule has 1 N–H and O–H groups in total. The molecule has 7 heteroatoms. The maximum Gasteiger partial charge on any atom is 0.233 e. The van der Waals surface area contributed by atoms with Crippen molar-refractivity contribution in [2.24, 2.45) is 5.92 Å². The Morgan fingerprint density at radius 2 is 2.31 bits per heavy atom. The molecule has 0 aliphatic rings. The van der Waals surface area contributed by atoms with Gasteiger partial charge in [-0.1, -0.05) is 6.92 Å². The average Bonchev–Trinajstić information content (AvgIpc) is 2.20. The van der Waals surface area contributed by atoms with Gasteiger partial charge in [0.05, 0.1) is 15.9 Å². The van der Waals surface area contributed by atoms with Gasteiger partial charge in [-0.25, -0.2) is 8.42 Å². The molecular formula is C9H12BrClN2O2S. The van der Waals surface area contributed by atoms with Crippen LogP contribution in [0.15, 0.2) is 22.9 Å². The number of halogens is 2. The second-order valence-electron chi connectivity index (χ2n) is 3.50. The van der Waals surface area contributed by atoms with E-state index in [4.69, 9.17) is 11.6 Å². The molecule has 0 radical (unpaired) electrons. The summed E-state index contributed by atoms with van der Waals surface area (Å²) in [5, 5.41) is 0. The van der Waals surface area contributed by atoms with Crippen molar-refractivity contribution in [3.63, 3.8) is 0 Å². The molecule has 0 aromatic carbocycles. The smallest absolute Gasteiger partial charge is 0.233 e. The van der Waals surface area contributed by atoms with Gasteiger partial charge in [0, 0.05) is 18.3 Å². The minimum atomic E-state index is -3.36. The number of nitrogens with zero attached hydrogens (tertiary/aromatic N) is 1. The quantitative estimate of drug-likeness (QED) is 0.845. The number of aromatic nitrogens is 1. The van der Waals surface area contributed by atoms with Gasteiger partial charge in [-0.15, -0.1) is 11.6 Å². The number of sulfonamides is 1. The van der Waals surface area contributed by atoms with Crippen molar-refractivity contribution < 1.29 is 8.42 Å². The molecule has 0 aliphatic heterocycles. The molecule has 1 rings (SSSR count). The lowest BCUT2D eigenvalue weighted by Crippen LogP contribution is -2.22. The van der Waals surface area contributed by atoms with Crippen molar-refractivity contribution in [3.05, 3.63) is 22.9 Å². The van der Waals surface area contributed by atoms with Crippen LogP contribution in [0.1, 0.15) is 6.92 Å². The van der Waals surface area contributed by atoms with E-state index in [9.17, 15) is 8.42 Å². The summed E-state index contributed by atoms with van der Waals surface area (Å²) in [6.45, 7) is 1.79. The van der Waals surface area contributed by atoms with E-state index in [1.54, 1.807) is 13.0 Å². The van der Waals surface area contributed by atoms with E-state index in [1.165, 1.54) is 12.4 Å². The number of anilines is 1.